The zero-order chi connectivity index (χ0) is 19.5. The number of hydrogen-bond acceptors (Lipinski definition) is 4. The number of carbonyl (C=O) groups excluding carboxylic acids is 1. The van der Waals surface area contributed by atoms with Gasteiger partial charge in [0, 0.05) is 16.6 Å². The minimum Gasteiger partial charge on any atom is -0.353 e. The van der Waals surface area contributed by atoms with Gasteiger partial charge in [0.05, 0.1) is 17.3 Å². The molecule has 1 aliphatic rings. The summed E-state index contributed by atoms with van der Waals surface area (Å²) in [7, 11) is 0. The fourth-order valence-corrected chi connectivity index (χ4v) is 4.04. The van der Waals surface area contributed by atoms with Gasteiger partial charge in [-0.1, -0.05) is 65.3 Å². The van der Waals surface area contributed by atoms with Gasteiger partial charge in [-0.2, -0.15) is 0 Å². The molecule has 1 heterocycles. The molecule has 4 rings (SSSR count). The van der Waals surface area contributed by atoms with E-state index < -0.39 is 0 Å². The monoisotopic (exact) mass is 432 g/mol. The number of amides is 1. The van der Waals surface area contributed by atoms with Crippen molar-refractivity contribution >= 4 is 40.9 Å². The van der Waals surface area contributed by atoms with Crippen LogP contribution in [-0.2, 0) is 11.3 Å². The van der Waals surface area contributed by atoms with Crippen LogP contribution in [0.25, 0.3) is 11.4 Å². The minimum absolute atomic E-state index is 0.0211. The Morgan fingerprint density at radius 3 is 2.64 bits per heavy atom. The van der Waals surface area contributed by atoms with Gasteiger partial charge in [0.2, 0.25) is 5.91 Å². The van der Waals surface area contributed by atoms with E-state index in [0.717, 1.165) is 24.0 Å². The number of carbonyl (C=O) groups is 1. The van der Waals surface area contributed by atoms with Gasteiger partial charge < -0.3 is 5.32 Å². The van der Waals surface area contributed by atoms with Gasteiger partial charge >= 0.3 is 0 Å². The quantitative estimate of drug-likeness (QED) is 0.550. The molecule has 1 N–H and O–H groups in total. The third kappa shape index (κ3) is 4.69. The highest BCUT2D eigenvalue weighted by Gasteiger charge is 2.24. The van der Waals surface area contributed by atoms with E-state index in [0.29, 0.717) is 39.4 Å². The molecule has 0 atom stereocenters. The van der Waals surface area contributed by atoms with Crippen LogP contribution in [0.5, 0.6) is 0 Å². The molecule has 5 nitrogen and oxygen atoms in total. The highest BCUT2D eigenvalue weighted by molar-refractivity contribution is 7.99. The lowest BCUT2D eigenvalue weighted by Gasteiger charge is -2.11. The smallest absolute Gasteiger partial charge is 0.230 e. The molecule has 144 valence electrons. The molecule has 0 aliphatic heterocycles. The van der Waals surface area contributed by atoms with Crippen molar-refractivity contribution in [2.24, 2.45) is 0 Å². The van der Waals surface area contributed by atoms with Gasteiger partial charge in [-0.3, -0.25) is 9.36 Å². The van der Waals surface area contributed by atoms with Crippen molar-refractivity contribution < 1.29 is 4.79 Å². The predicted octanol–water partition coefficient (Wildman–Crippen LogP) is 4.67. The molecule has 0 saturated heterocycles. The van der Waals surface area contributed by atoms with Crippen molar-refractivity contribution in [1.29, 1.82) is 0 Å². The Morgan fingerprint density at radius 2 is 1.93 bits per heavy atom. The normalized spacial score (nSPS) is 13.5. The average molecular weight is 433 g/mol. The molecule has 1 saturated carbocycles. The van der Waals surface area contributed by atoms with Crippen molar-refractivity contribution in [3.8, 4) is 11.4 Å². The highest BCUT2D eigenvalue weighted by Crippen LogP contribution is 2.32. The van der Waals surface area contributed by atoms with Crippen LogP contribution in [0, 0.1) is 0 Å². The minimum atomic E-state index is 0.0211. The molecule has 3 aromatic rings. The summed E-state index contributed by atoms with van der Waals surface area (Å²) in [5.74, 6) is 0.973. The van der Waals surface area contributed by atoms with Crippen LogP contribution in [0.15, 0.2) is 53.7 Å². The first kappa shape index (κ1) is 19.3. The summed E-state index contributed by atoms with van der Waals surface area (Å²) in [6.45, 7) is 0.578. The van der Waals surface area contributed by atoms with Gasteiger partial charge in [0.1, 0.15) is 0 Å². The lowest BCUT2D eigenvalue weighted by molar-refractivity contribution is -0.118. The number of nitrogens with one attached hydrogen (secondary N) is 1. The molecule has 0 unspecified atom stereocenters. The van der Waals surface area contributed by atoms with E-state index in [1.54, 1.807) is 12.1 Å². The fraction of sp³-hybridized carbons (Fsp3) is 0.250. The van der Waals surface area contributed by atoms with E-state index in [4.69, 9.17) is 23.2 Å². The Bertz CT molecular complexity index is 989. The number of benzene rings is 2. The van der Waals surface area contributed by atoms with Crippen LogP contribution in [0.4, 0.5) is 0 Å². The molecule has 1 aliphatic carbocycles. The van der Waals surface area contributed by atoms with E-state index in [1.807, 2.05) is 41.0 Å². The second-order valence-corrected chi connectivity index (χ2v) is 8.42. The Balaban J connectivity index is 1.63. The van der Waals surface area contributed by atoms with E-state index in [1.165, 1.54) is 11.8 Å². The van der Waals surface area contributed by atoms with Gasteiger partial charge in [0.25, 0.3) is 0 Å². The lowest BCUT2D eigenvalue weighted by atomic mass is 10.2. The SMILES string of the molecule is O=C(CSc1nnc(-c2ccc(Cl)cc2Cl)n1Cc1ccccc1)NC1CC1. The van der Waals surface area contributed by atoms with Crippen LogP contribution in [0.3, 0.4) is 0 Å². The van der Waals surface area contributed by atoms with Crippen molar-refractivity contribution in [2.45, 2.75) is 30.6 Å². The molecule has 1 amide bonds. The van der Waals surface area contributed by atoms with E-state index in [2.05, 4.69) is 15.5 Å². The third-order valence-corrected chi connectivity index (χ3v) is 5.86. The molecule has 1 aromatic heterocycles. The maximum Gasteiger partial charge on any atom is 0.230 e. The molecular formula is C20H18Cl2N4OS. The van der Waals surface area contributed by atoms with E-state index in [9.17, 15) is 4.79 Å². The van der Waals surface area contributed by atoms with Crippen LogP contribution in [0.2, 0.25) is 10.0 Å². The summed E-state index contributed by atoms with van der Waals surface area (Å²) in [6, 6.07) is 15.7. The van der Waals surface area contributed by atoms with Crippen molar-refractivity contribution in [3.63, 3.8) is 0 Å². The molecule has 0 spiro atoms. The molecule has 28 heavy (non-hydrogen) atoms. The molecule has 0 bridgehead atoms. The van der Waals surface area contributed by atoms with Crippen LogP contribution in [-0.4, -0.2) is 32.5 Å². The van der Waals surface area contributed by atoms with Gasteiger partial charge in [0.15, 0.2) is 11.0 Å². The molecule has 0 radical (unpaired) electrons. The second-order valence-electron chi connectivity index (χ2n) is 6.63. The third-order valence-electron chi connectivity index (χ3n) is 4.35. The van der Waals surface area contributed by atoms with Crippen molar-refractivity contribution in [3.05, 3.63) is 64.1 Å². The Hall–Kier alpha value is -2.02. The van der Waals surface area contributed by atoms with Crippen molar-refractivity contribution in [2.75, 3.05) is 5.75 Å². The van der Waals surface area contributed by atoms with E-state index >= 15 is 0 Å². The largest absolute Gasteiger partial charge is 0.353 e. The Morgan fingerprint density at radius 1 is 1.14 bits per heavy atom. The summed E-state index contributed by atoms with van der Waals surface area (Å²) >= 11 is 13.8. The number of hydrogen-bond donors (Lipinski definition) is 1. The van der Waals surface area contributed by atoms with Crippen LogP contribution >= 0.6 is 35.0 Å². The zero-order valence-corrected chi connectivity index (χ0v) is 17.3. The fourth-order valence-electron chi connectivity index (χ4n) is 2.80. The highest BCUT2D eigenvalue weighted by atomic mass is 35.5. The summed E-state index contributed by atoms with van der Waals surface area (Å²) in [5, 5.41) is 13.4. The van der Waals surface area contributed by atoms with E-state index in [-0.39, 0.29) is 5.91 Å². The molecule has 1 fully saturated rings. The Kier molecular flexibility index (Phi) is 5.90. The standard InChI is InChI=1S/C20H18Cl2N4OS/c21-14-6-9-16(17(22)10-14)19-24-25-20(28-12-18(27)23-15-7-8-15)26(19)11-13-4-2-1-3-5-13/h1-6,9-10,15H,7-8,11-12H2,(H,23,27). The number of aromatic nitrogens is 3. The number of rotatable bonds is 7. The first-order valence-electron chi connectivity index (χ1n) is 8.95. The summed E-state index contributed by atoms with van der Waals surface area (Å²) < 4.78 is 1.99. The predicted molar refractivity (Wildman–Crippen MR) is 113 cm³/mol. The first-order valence-corrected chi connectivity index (χ1v) is 10.7. The topological polar surface area (TPSA) is 59.8 Å². The summed E-state index contributed by atoms with van der Waals surface area (Å²) in [4.78, 5) is 12.1. The average Bonchev–Trinajstić information content (AvgIpc) is 3.41. The van der Waals surface area contributed by atoms with Crippen LogP contribution < -0.4 is 5.32 Å². The van der Waals surface area contributed by atoms with Gasteiger partial charge in [-0.15, -0.1) is 10.2 Å². The lowest BCUT2D eigenvalue weighted by Crippen LogP contribution is -2.27. The van der Waals surface area contributed by atoms with Gasteiger partial charge in [-0.05, 0) is 36.6 Å². The molecule has 8 heteroatoms. The van der Waals surface area contributed by atoms with Gasteiger partial charge in [-0.25, -0.2) is 0 Å². The zero-order valence-electron chi connectivity index (χ0n) is 14.9. The maximum atomic E-state index is 12.1. The first-order chi connectivity index (χ1) is 13.6. The van der Waals surface area contributed by atoms with Crippen LogP contribution in [0.1, 0.15) is 18.4 Å². The number of thioether (sulfide) groups is 1. The maximum absolute atomic E-state index is 12.1. The molecule has 2 aromatic carbocycles. The summed E-state index contributed by atoms with van der Waals surface area (Å²) in [5.41, 5.74) is 1.86. The summed E-state index contributed by atoms with van der Waals surface area (Å²) in [6.07, 6.45) is 2.14. The number of halogens is 2. The number of nitrogens with zero attached hydrogens (tertiary/aromatic N) is 3. The second kappa shape index (κ2) is 8.55. The Labute approximate surface area is 177 Å². The molecular weight excluding hydrogens is 415 g/mol. The van der Waals surface area contributed by atoms with Crippen molar-refractivity contribution in [1.82, 2.24) is 20.1 Å².